The number of rotatable bonds is 4. The van der Waals surface area contributed by atoms with Gasteiger partial charge in [0.1, 0.15) is 11.9 Å². The maximum absolute atomic E-state index is 13.0. The Kier molecular flexibility index (Phi) is 6.08. The van der Waals surface area contributed by atoms with Gasteiger partial charge in [-0.05, 0) is 36.2 Å². The second-order valence-electron chi connectivity index (χ2n) is 6.02. The Hall–Kier alpha value is -2.87. The first kappa shape index (κ1) is 18.9. The quantitative estimate of drug-likeness (QED) is 0.693. The minimum absolute atomic E-state index is 0.259. The first-order chi connectivity index (χ1) is 13.0. The van der Waals surface area contributed by atoms with E-state index in [-0.39, 0.29) is 17.0 Å². The van der Waals surface area contributed by atoms with Gasteiger partial charge >= 0.3 is 0 Å². The number of thioether (sulfide) groups is 1. The molecule has 27 heavy (non-hydrogen) atoms. The molecule has 0 spiro atoms. The molecule has 3 amide bonds. The van der Waals surface area contributed by atoms with Gasteiger partial charge in [0.05, 0.1) is 5.25 Å². The van der Waals surface area contributed by atoms with Gasteiger partial charge in [-0.1, -0.05) is 30.3 Å². The lowest BCUT2D eigenvalue weighted by Gasteiger charge is -2.28. The number of hydrogen-bond acceptors (Lipinski definition) is 4. The number of carbonyl (C=O) groups excluding carboxylic acids is 3. The van der Waals surface area contributed by atoms with E-state index in [0.717, 1.165) is 5.56 Å². The van der Waals surface area contributed by atoms with Crippen molar-refractivity contribution in [1.82, 2.24) is 16.2 Å². The van der Waals surface area contributed by atoms with Gasteiger partial charge in [-0.25, -0.2) is 4.39 Å². The molecule has 6 nitrogen and oxygen atoms in total. The van der Waals surface area contributed by atoms with Crippen molar-refractivity contribution in [2.45, 2.75) is 17.7 Å². The maximum atomic E-state index is 13.0. The number of amides is 3. The predicted molar refractivity (Wildman–Crippen MR) is 100 cm³/mol. The average Bonchev–Trinajstić information content (AvgIpc) is 2.69. The summed E-state index contributed by atoms with van der Waals surface area (Å²) in [4.78, 5) is 36.4. The zero-order valence-corrected chi connectivity index (χ0v) is 15.1. The van der Waals surface area contributed by atoms with Gasteiger partial charge < -0.3 is 5.32 Å². The fraction of sp³-hybridized carbons (Fsp3) is 0.211. The molecule has 0 radical (unpaired) electrons. The van der Waals surface area contributed by atoms with Crippen LogP contribution in [-0.2, 0) is 16.0 Å². The minimum atomic E-state index is -0.733. The van der Waals surface area contributed by atoms with E-state index in [4.69, 9.17) is 0 Å². The third-order valence-corrected chi connectivity index (χ3v) is 5.37. The molecule has 2 unspecified atom stereocenters. The van der Waals surface area contributed by atoms with Crippen LogP contribution in [0.4, 0.5) is 4.39 Å². The Morgan fingerprint density at radius 1 is 1.07 bits per heavy atom. The highest BCUT2D eigenvalue weighted by atomic mass is 32.2. The van der Waals surface area contributed by atoms with Gasteiger partial charge in [0, 0.05) is 11.3 Å². The van der Waals surface area contributed by atoms with Crippen molar-refractivity contribution in [1.29, 1.82) is 0 Å². The maximum Gasteiger partial charge on any atom is 0.269 e. The van der Waals surface area contributed by atoms with Crippen LogP contribution in [0.15, 0.2) is 54.6 Å². The lowest BCUT2D eigenvalue weighted by Crippen LogP contribution is -2.57. The first-order valence-corrected chi connectivity index (χ1v) is 9.39. The van der Waals surface area contributed by atoms with Crippen LogP contribution in [0.2, 0.25) is 0 Å². The monoisotopic (exact) mass is 387 g/mol. The SMILES string of the molecule is O=C(NNC(=O)C1CSC(Cc2ccc(F)cc2)C(=O)N1)c1ccccc1. The van der Waals surface area contributed by atoms with E-state index < -0.39 is 17.9 Å². The molecular weight excluding hydrogens is 369 g/mol. The molecule has 2 aromatic rings. The number of halogens is 1. The van der Waals surface area contributed by atoms with Crippen molar-refractivity contribution < 1.29 is 18.8 Å². The Balaban J connectivity index is 1.48. The summed E-state index contributed by atoms with van der Waals surface area (Å²) in [5.41, 5.74) is 5.93. The highest BCUT2D eigenvalue weighted by Crippen LogP contribution is 2.22. The number of hydrazine groups is 1. The normalized spacial score (nSPS) is 19.1. The zero-order chi connectivity index (χ0) is 19.2. The van der Waals surface area contributed by atoms with Crippen LogP contribution in [0.3, 0.4) is 0 Å². The summed E-state index contributed by atoms with van der Waals surface area (Å²) >= 11 is 1.36. The second kappa shape index (κ2) is 8.68. The Labute approximate surface area is 159 Å². The molecule has 0 aromatic heterocycles. The van der Waals surface area contributed by atoms with Crippen LogP contribution in [0.25, 0.3) is 0 Å². The van der Waals surface area contributed by atoms with Crippen LogP contribution >= 0.6 is 11.8 Å². The molecule has 2 aromatic carbocycles. The van der Waals surface area contributed by atoms with E-state index in [2.05, 4.69) is 16.2 Å². The molecule has 3 rings (SSSR count). The lowest BCUT2D eigenvalue weighted by atomic mass is 10.1. The molecule has 140 valence electrons. The molecule has 1 saturated heterocycles. The lowest BCUT2D eigenvalue weighted by molar-refractivity contribution is -0.129. The fourth-order valence-corrected chi connectivity index (χ4v) is 3.78. The van der Waals surface area contributed by atoms with Crippen molar-refractivity contribution in [3.63, 3.8) is 0 Å². The van der Waals surface area contributed by atoms with Gasteiger partial charge in [0.25, 0.3) is 11.8 Å². The molecule has 1 fully saturated rings. The van der Waals surface area contributed by atoms with E-state index in [1.54, 1.807) is 42.5 Å². The van der Waals surface area contributed by atoms with E-state index in [0.29, 0.717) is 17.7 Å². The standard InChI is InChI=1S/C19H18FN3O3S/c20-14-8-6-12(7-9-14)10-16-19(26)21-15(11-27-16)18(25)23-22-17(24)13-4-2-1-3-5-13/h1-9,15-16H,10-11H2,(H,21,26)(H,22,24)(H,23,25). The van der Waals surface area contributed by atoms with Crippen LogP contribution < -0.4 is 16.2 Å². The number of benzene rings is 2. The van der Waals surface area contributed by atoms with Gasteiger partial charge in [-0.15, -0.1) is 11.8 Å². The molecule has 0 bridgehead atoms. The van der Waals surface area contributed by atoms with Gasteiger partial charge in [-0.3, -0.25) is 25.2 Å². The fourth-order valence-electron chi connectivity index (χ4n) is 2.59. The summed E-state index contributed by atoms with van der Waals surface area (Å²) in [5, 5.41) is 2.32. The van der Waals surface area contributed by atoms with Gasteiger partial charge in [-0.2, -0.15) is 0 Å². The molecule has 1 heterocycles. The Bertz CT molecular complexity index is 830. The predicted octanol–water partition coefficient (Wildman–Crippen LogP) is 1.43. The van der Waals surface area contributed by atoms with E-state index in [1.807, 2.05) is 0 Å². The van der Waals surface area contributed by atoms with Crippen LogP contribution in [0.1, 0.15) is 15.9 Å². The molecule has 2 atom stereocenters. The van der Waals surface area contributed by atoms with Crippen LogP contribution in [0, 0.1) is 5.82 Å². The highest BCUT2D eigenvalue weighted by Gasteiger charge is 2.32. The summed E-state index contributed by atoms with van der Waals surface area (Å²) < 4.78 is 13.0. The van der Waals surface area contributed by atoms with Gasteiger partial charge in [0.15, 0.2) is 0 Å². The molecule has 1 aliphatic heterocycles. The van der Waals surface area contributed by atoms with Crippen molar-refractivity contribution >= 4 is 29.5 Å². The Morgan fingerprint density at radius 3 is 2.44 bits per heavy atom. The molecule has 3 N–H and O–H groups in total. The number of nitrogens with one attached hydrogen (secondary N) is 3. The first-order valence-electron chi connectivity index (χ1n) is 8.34. The second-order valence-corrected chi connectivity index (χ2v) is 7.26. The smallest absolute Gasteiger partial charge is 0.269 e. The zero-order valence-electron chi connectivity index (χ0n) is 14.3. The molecular formula is C19H18FN3O3S. The van der Waals surface area contributed by atoms with Crippen LogP contribution in [-0.4, -0.2) is 34.8 Å². The third kappa shape index (κ3) is 5.07. The van der Waals surface area contributed by atoms with Crippen LogP contribution in [0.5, 0.6) is 0 Å². The summed E-state index contributed by atoms with van der Waals surface area (Å²) in [6, 6.07) is 13.7. The largest absolute Gasteiger partial charge is 0.342 e. The summed E-state index contributed by atoms with van der Waals surface area (Å²) in [6.45, 7) is 0. The summed E-state index contributed by atoms with van der Waals surface area (Å²) in [5.74, 6) is -1.13. The Morgan fingerprint density at radius 2 is 1.78 bits per heavy atom. The average molecular weight is 387 g/mol. The number of carbonyl (C=O) groups is 3. The molecule has 8 heteroatoms. The van der Waals surface area contributed by atoms with E-state index in [1.165, 1.54) is 23.9 Å². The summed E-state index contributed by atoms with van der Waals surface area (Å²) in [7, 11) is 0. The van der Waals surface area contributed by atoms with Crippen molar-refractivity contribution in [3.05, 3.63) is 71.5 Å². The van der Waals surface area contributed by atoms with Crippen molar-refractivity contribution in [2.24, 2.45) is 0 Å². The highest BCUT2D eigenvalue weighted by molar-refractivity contribution is 8.00. The molecule has 0 aliphatic carbocycles. The number of hydrogen-bond donors (Lipinski definition) is 3. The van der Waals surface area contributed by atoms with Crippen molar-refractivity contribution in [3.8, 4) is 0 Å². The topological polar surface area (TPSA) is 87.3 Å². The third-order valence-electron chi connectivity index (χ3n) is 4.06. The van der Waals surface area contributed by atoms with E-state index in [9.17, 15) is 18.8 Å². The summed E-state index contributed by atoms with van der Waals surface area (Å²) in [6.07, 6.45) is 0.454. The minimum Gasteiger partial charge on any atom is -0.342 e. The van der Waals surface area contributed by atoms with E-state index >= 15 is 0 Å². The molecule has 1 aliphatic rings. The van der Waals surface area contributed by atoms with Gasteiger partial charge in [0.2, 0.25) is 5.91 Å². The molecule has 0 saturated carbocycles. The van der Waals surface area contributed by atoms with Crippen molar-refractivity contribution in [2.75, 3.05) is 5.75 Å².